The van der Waals surface area contributed by atoms with Crippen molar-refractivity contribution >= 4 is 40.7 Å². The predicted octanol–water partition coefficient (Wildman–Crippen LogP) is 3.01. The largest absolute Gasteiger partial charge is 0.376 e. The van der Waals surface area contributed by atoms with Gasteiger partial charge in [-0.25, -0.2) is 0 Å². The predicted molar refractivity (Wildman–Crippen MR) is 88.7 cm³/mol. The van der Waals surface area contributed by atoms with Crippen LogP contribution in [0.15, 0.2) is 18.2 Å². The number of anilines is 1. The van der Waals surface area contributed by atoms with E-state index in [0.717, 1.165) is 19.4 Å². The summed E-state index contributed by atoms with van der Waals surface area (Å²) in [5.74, 6) is -0.556. The zero-order valence-corrected chi connectivity index (χ0v) is 14.0. The molecule has 5 nitrogen and oxygen atoms in total. The lowest BCUT2D eigenvalue weighted by Crippen LogP contribution is -2.42. The second kappa shape index (κ2) is 6.67. The number of carbonyl (C=O) groups excluding carboxylic acids is 2. The molecule has 0 bridgehead atoms. The fourth-order valence-electron chi connectivity index (χ4n) is 2.74. The minimum atomic E-state index is -0.979. The van der Waals surface area contributed by atoms with Gasteiger partial charge in [0, 0.05) is 28.9 Å². The van der Waals surface area contributed by atoms with E-state index >= 15 is 0 Å². The van der Waals surface area contributed by atoms with Crippen molar-refractivity contribution in [3.05, 3.63) is 28.2 Å². The number of nitrogens with one attached hydrogen (secondary N) is 2. The Morgan fingerprint density at radius 1 is 1.17 bits per heavy atom. The molecule has 2 amide bonds. The third kappa shape index (κ3) is 3.79. The summed E-state index contributed by atoms with van der Waals surface area (Å²) in [5.41, 5.74) is -0.487. The minimum Gasteiger partial charge on any atom is -0.376 e. The highest BCUT2D eigenvalue weighted by molar-refractivity contribution is 6.35. The molecule has 1 aliphatic heterocycles. The first kappa shape index (κ1) is 16.6. The van der Waals surface area contributed by atoms with Crippen LogP contribution in [0.25, 0.3) is 0 Å². The average Bonchev–Trinajstić information content (AvgIpc) is 3.14. The Balaban J connectivity index is 1.60. The van der Waals surface area contributed by atoms with Crippen LogP contribution in [-0.4, -0.2) is 31.1 Å². The van der Waals surface area contributed by atoms with Crippen molar-refractivity contribution in [3.8, 4) is 0 Å². The van der Waals surface area contributed by atoms with Crippen LogP contribution in [-0.2, 0) is 14.3 Å². The molecule has 1 unspecified atom stereocenters. The molecule has 2 aliphatic rings. The van der Waals surface area contributed by atoms with Gasteiger partial charge in [-0.05, 0) is 43.9 Å². The van der Waals surface area contributed by atoms with E-state index < -0.39 is 5.41 Å². The Morgan fingerprint density at radius 3 is 2.43 bits per heavy atom. The Bertz CT molecular complexity index is 606. The van der Waals surface area contributed by atoms with Crippen molar-refractivity contribution in [2.75, 3.05) is 18.5 Å². The molecule has 0 aromatic heterocycles. The molecule has 2 N–H and O–H groups in total. The van der Waals surface area contributed by atoms with Crippen LogP contribution in [0.5, 0.6) is 0 Å². The summed E-state index contributed by atoms with van der Waals surface area (Å²) in [6.45, 7) is 1.19. The Morgan fingerprint density at radius 2 is 1.87 bits per heavy atom. The van der Waals surface area contributed by atoms with Crippen LogP contribution in [0, 0.1) is 5.41 Å². The van der Waals surface area contributed by atoms with Crippen molar-refractivity contribution < 1.29 is 14.3 Å². The van der Waals surface area contributed by atoms with Crippen LogP contribution in [0.2, 0.25) is 10.0 Å². The maximum absolute atomic E-state index is 12.5. The van der Waals surface area contributed by atoms with Crippen molar-refractivity contribution in [3.63, 3.8) is 0 Å². The highest BCUT2D eigenvalue weighted by Gasteiger charge is 2.56. The Kier molecular flexibility index (Phi) is 4.80. The SMILES string of the molecule is O=C(NCC1CCCO1)C1(C(=O)Nc2cc(Cl)cc(Cl)c2)CC1. The highest BCUT2D eigenvalue weighted by atomic mass is 35.5. The number of benzene rings is 1. The van der Waals surface area contributed by atoms with Crippen molar-refractivity contribution in [2.45, 2.75) is 31.8 Å². The normalized spacial score (nSPS) is 21.7. The van der Waals surface area contributed by atoms with Gasteiger partial charge < -0.3 is 15.4 Å². The van der Waals surface area contributed by atoms with Gasteiger partial charge in [0.1, 0.15) is 5.41 Å². The summed E-state index contributed by atoms with van der Waals surface area (Å²) in [4.78, 5) is 24.8. The van der Waals surface area contributed by atoms with E-state index in [1.54, 1.807) is 18.2 Å². The van der Waals surface area contributed by atoms with Gasteiger partial charge in [-0.15, -0.1) is 0 Å². The highest BCUT2D eigenvalue weighted by Crippen LogP contribution is 2.47. The molecule has 23 heavy (non-hydrogen) atoms. The third-order valence-electron chi connectivity index (χ3n) is 4.25. The van der Waals surface area contributed by atoms with E-state index in [0.29, 0.717) is 35.1 Å². The third-order valence-corrected chi connectivity index (χ3v) is 4.69. The number of rotatable bonds is 5. The molecule has 124 valence electrons. The van der Waals surface area contributed by atoms with Crippen LogP contribution in [0.4, 0.5) is 5.69 Å². The van der Waals surface area contributed by atoms with Crippen LogP contribution >= 0.6 is 23.2 Å². The second-order valence-corrected chi connectivity index (χ2v) is 6.91. The Labute approximate surface area is 144 Å². The van der Waals surface area contributed by atoms with E-state index in [9.17, 15) is 9.59 Å². The van der Waals surface area contributed by atoms with Gasteiger partial charge in [-0.1, -0.05) is 23.2 Å². The summed E-state index contributed by atoms with van der Waals surface area (Å²) < 4.78 is 5.47. The molecule has 1 aliphatic carbocycles. The molecule has 1 saturated heterocycles. The molecule has 1 saturated carbocycles. The fraction of sp³-hybridized carbons (Fsp3) is 0.500. The van der Waals surface area contributed by atoms with Crippen LogP contribution in [0.1, 0.15) is 25.7 Å². The van der Waals surface area contributed by atoms with Gasteiger partial charge in [0.25, 0.3) is 0 Å². The summed E-state index contributed by atoms with van der Waals surface area (Å²) in [6, 6.07) is 4.79. The molecule has 0 spiro atoms. The zero-order valence-electron chi connectivity index (χ0n) is 12.5. The summed E-state index contributed by atoms with van der Waals surface area (Å²) in [7, 11) is 0. The summed E-state index contributed by atoms with van der Waals surface area (Å²) in [6.07, 6.45) is 3.11. The van der Waals surface area contributed by atoms with E-state index in [1.807, 2.05) is 0 Å². The molecule has 1 aromatic rings. The number of carbonyl (C=O) groups is 2. The maximum Gasteiger partial charge on any atom is 0.240 e. The molecule has 2 fully saturated rings. The molecular formula is C16H18Cl2N2O3. The monoisotopic (exact) mass is 356 g/mol. The first-order valence-corrected chi connectivity index (χ1v) is 8.43. The van der Waals surface area contributed by atoms with Crippen LogP contribution < -0.4 is 10.6 Å². The number of amides is 2. The number of ether oxygens (including phenoxy) is 1. The van der Waals surface area contributed by atoms with Gasteiger partial charge in [-0.2, -0.15) is 0 Å². The van der Waals surface area contributed by atoms with Gasteiger partial charge in [-0.3, -0.25) is 9.59 Å². The quantitative estimate of drug-likeness (QED) is 0.796. The van der Waals surface area contributed by atoms with E-state index in [2.05, 4.69) is 10.6 Å². The van der Waals surface area contributed by atoms with E-state index in [-0.39, 0.29) is 17.9 Å². The van der Waals surface area contributed by atoms with E-state index in [1.165, 1.54) is 0 Å². The molecule has 1 atom stereocenters. The summed E-state index contributed by atoms with van der Waals surface area (Å²) in [5, 5.41) is 6.44. The smallest absolute Gasteiger partial charge is 0.240 e. The standard InChI is InChI=1S/C16H18Cl2N2O3/c17-10-6-11(18)8-12(7-10)20-15(22)16(3-4-16)14(21)19-9-13-2-1-5-23-13/h6-8,13H,1-5,9H2,(H,19,21)(H,20,22). The van der Waals surface area contributed by atoms with E-state index in [4.69, 9.17) is 27.9 Å². The Hall–Kier alpha value is -1.30. The second-order valence-electron chi connectivity index (χ2n) is 6.04. The number of hydrogen-bond acceptors (Lipinski definition) is 3. The minimum absolute atomic E-state index is 0.0598. The van der Waals surface area contributed by atoms with Crippen molar-refractivity contribution in [1.82, 2.24) is 5.32 Å². The van der Waals surface area contributed by atoms with Gasteiger partial charge in [0.15, 0.2) is 0 Å². The first-order chi connectivity index (χ1) is 11.0. The molecule has 7 heteroatoms. The first-order valence-electron chi connectivity index (χ1n) is 7.67. The maximum atomic E-state index is 12.5. The van der Waals surface area contributed by atoms with Gasteiger partial charge >= 0.3 is 0 Å². The fourth-order valence-corrected chi connectivity index (χ4v) is 3.27. The summed E-state index contributed by atoms with van der Waals surface area (Å²) >= 11 is 11.8. The molecule has 3 rings (SSSR count). The van der Waals surface area contributed by atoms with Crippen LogP contribution in [0.3, 0.4) is 0 Å². The average molecular weight is 357 g/mol. The number of hydrogen-bond donors (Lipinski definition) is 2. The van der Waals surface area contributed by atoms with Crippen molar-refractivity contribution in [1.29, 1.82) is 0 Å². The van der Waals surface area contributed by atoms with Gasteiger partial charge in [0.05, 0.1) is 6.10 Å². The topological polar surface area (TPSA) is 67.4 Å². The molecule has 0 radical (unpaired) electrons. The van der Waals surface area contributed by atoms with Crippen molar-refractivity contribution in [2.24, 2.45) is 5.41 Å². The zero-order chi connectivity index (χ0) is 16.4. The lowest BCUT2D eigenvalue weighted by Gasteiger charge is -2.17. The number of halogens is 2. The van der Waals surface area contributed by atoms with Gasteiger partial charge in [0.2, 0.25) is 11.8 Å². The molecule has 1 heterocycles. The molecule has 1 aromatic carbocycles. The lowest BCUT2D eigenvalue weighted by atomic mass is 10.0. The lowest BCUT2D eigenvalue weighted by molar-refractivity contribution is -0.134. The molecular weight excluding hydrogens is 339 g/mol.